The number of halogens is 1. The quantitative estimate of drug-likeness (QED) is 0.779. The lowest BCUT2D eigenvalue weighted by atomic mass is 10.2. The van der Waals surface area contributed by atoms with E-state index >= 15 is 0 Å². The second-order valence-corrected chi connectivity index (χ2v) is 5.20. The van der Waals surface area contributed by atoms with Crippen LogP contribution in [0.15, 0.2) is 30.0 Å². The minimum Gasteiger partial charge on any atom is -0.360 e. The number of carbonyl (C=O) groups excluding carboxylic acids is 1. The molecule has 5 nitrogen and oxygen atoms in total. The summed E-state index contributed by atoms with van der Waals surface area (Å²) < 4.78 is 0. The predicted octanol–water partition coefficient (Wildman–Crippen LogP) is 2.60. The predicted molar refractivity (Wildman–Crippen MR) is 74.4 cm³/mol. The molecule has 7 heteroatoms. The molecule has 0 spiro atoms. The Morgan fingerprint density at radius 1 is 1.47 bits per heavy atom. The summed E-state index contributed by atoms with van der Waals surface area (Å²) >= 11 is 7.14. The molecule has 0 saturated carbocycles. The van der Waals surface area contributed by atoms with Gasteiger partial charge in [0.2, 0.25) is 0 Å². The van der Waals surface area contributed by atoms with Gasteiger partial charge in [0.15, 0.2) is 0 Å². The van der Waals surface area contributed by atoms with Crippen LogP contribution in [0.3, 0.4) is 0 Å². The zero-order valence-electron chi connectivity index (χ0n) is 9.68. The van der Waals surface area contributed by atoms with Gasteiger partial charge in [-0.25, -0.2) is 4.98 Å². The molecular weight excluding hydrogens is 284 g/mol. The molecule has 1 amide bonds. The average Bonchev–Trinajstić information content (AvgIpc) is 3.03. The van der Waals surface area contributed by atoms with Crippen molar-refractivity contribution in [2.45, 2.75) is 6.54 Å². The molecule has 3 heterocycles. The van der Waals surface area contributed by atoms with Gasteiger partial charge in [-0.05, 0) is 6.07 Å². The van der Waals surface area contributed by atoms with E-state index in [1.165, 1.54) is 11.3 Å². The van der Waals surface area contributed by atoms with Crippen molar-refractivity contribution in [3.63, 3.8) is 0 Å². The molecule has 0 atom stereocenters. The molecule has 0 bridgehead atoms. The number of rotatable bonds is 3. The Bertz CT molecular complexity index is 736. The molecule has 2 N–H and O–H groups in total. The van der Waals surface area contributed by atoms with Gasteiger partial charge in [-0.15, -0.1) is 11.3 Å². The summed E-state index contributed by atoms with van der Waals surface area (Å²) in [6.45, 7) is 0.358. The van der Waals surface area contributed by atoms with Crippen molar-refractivity contribution in [2.24, 2.45) is 0 Å². The minimum absolute atomic E-state index is 0.177. The maximum atomic E-state index is 12.1. The van der Waals surface area contributed by atoms with E-state index in [4.69, 9.17) is 11.6 Å². The highest BCUT2D eigenvalue weighted by Crippen LogP contribution is 2.17. The average molecular weight is 293 g/mol. The third kappa shape index (κ3) is 2.45. The lowest BCUT2D eigenvalue weighted by Crippen LogP contribution is -2.23. The van der Waals surface area contributed by atoms with Gasteiger partial charge in [0, 0.05) is 23.2 Å². The summed E-state index contributed by atoms with van der Waals surface area (Å²) in [5, 5.41) is 6.61. The number of hydrogen-bond acceptors (Lipinski definition) is 4. The van der Waals surface area contributed by atoms with Crippen LogP contribution in [-0.4, -0.2) is 20.9 Å². The number of fused-ring (bicyclic) bond motifs is 1. The van der Waals surface area contributed by atoms with Crippen molar-refractivity contribution in [3.8, 4) is 0 Å². The van der Waals surface area contributed by atoms with Crippen LogP contribution in [0.5, 0.6) is 0 Å². The standard InChI is InChI=1S/C12H9ClN4OS/c13-10-6-19-11(17-10)5-16-12(18)8-3-14-4-9-7(8)1-2-15-9/h1-4,6,15H,5H2,(H,16,18). The third-order valence-electron chi connectivity index (χ3n) is 2.64. The number of aromatic nitrogens is 3. The smallest absolute Gasteiger partial charge is 0.253 e. The molecule has 3 aromatic heterocycles. The monoisotopic (exact) mass is 292 g/mol. The van der Waals surface area contributed by atoms with Crippen LogP contribution in [0.2, 0.25) is 5.15 Å². The Balaban J connectivity index is 1.78. The van der Waals surface area contributed by atoms with E-state index in [1.54, 1.807) is 24.0 Å². The Labute approximate surface area is 117 Å². The van der Waals surface area contributed by atoms with Gasteiger partial charge in [0.1, 0.15) is 10.2 Å². The maximum Gasteiger partial charge on any atom is 0.253 e. The highest BCUT2D eigenvalue weighted by atomic mass is 35.5. The number of pyridine rings is 1. The minimum atomic E-state index is -0.177. The normalized spacial score (nSPS) is 10.8. The zero-order valence-corrected chi connectivity index (χ0v) is 11.3. The number of carbonyl (C=O) groups is 1. The molecule has 3 aromatic rings. The van der Waals surface area contributed by atoms with Gasteiger partial charge in [-0.3, -0.25) is 9.78 Å². The van der Waals surface area contributed by atoms with Crippen molar-refractivity contribution in [1.82, 2.24) is 20.3 Å². The summed E-state index contributed by atoms with van der Waals surface area (Å²) in [5.41, 5.74) is 1.38. The molecule has 0 saturated heterocycles. The van der Waals surface area contributed by atoms with Crippen LogP contribution < -0.4 is 5.32 Å². The van der Waals surface area contributed by atoms with Crippen molar-refractivity contribution >= 4 is 39.7 Å². The fourth-order valence-electron chi connectivity index (χ4n) is 1.78. The number of amides is 1. The molecule has 3 rings (SSSR count). The number of aromatic amines is 1. The second kappa shape index (κ2) is 4.99. The molecular formula is C12H9ClN4OS. The van der Waals surface area contributed by atoms with E-state index in [1.807, 2.05) is 6.07 Å². The van der Waals surface area contributed by atoms with Gasteiger partial charge < -0.3 is 10.3 Å². The van der Waals surface area contributed by atoms with Crippen LogP contribution in [0.1, 0.15) is 15.4 Å². The van der Waals surface area contributed by atoms with Crippen LogP contribution in [-0.2, 0) is 6.54 Å². The molecule has 0 aliphatic rings. The first-order chi connectivity index (χ1) is 9.24. The van der Waals surface area contributed by atoms with E-state index in [0.29, 0.717) is 17.3 Å². The van der Waals surface area contributed by atoms with Crippen LogP contribution in [0, 0.1) is 0 Å². The first-order valence-corrected chi connectivity index (χ1v) is 6.79. The van der Waals surface area contributed by atoms with Crippen molar-refractivity contribution in [1.29, 1.82) is 0 Å². The first-order valence-electron chi connectivity index (χ1n) is 5.53. The molecule has 0 fully saturated rings. The Morgan fingerprint density at radius 3 is 3.16 bits per heavy atom. The molecule has 96 valence electrons. The second-order valence-electron chi connectivity index (χ2n) is 3.87. The fourth-order valence-corrected chi connectivity index (χ4v) is 2.66. The highest BCUT2D eigenvalue weighted by Gasteiger charge is 2.11. The molecule has 19 heavy (non-hydrogen) atoms. The van der Waals surface area contributed by atoms with Crippen molar-refractivity contribution in [2.75, 3.05) is 0 Å². The molecule has 0 unspecified atom stereocenters. The number of hydrogen-bond donors (Lipinski definition) is 2. The summed E-state index contributed by atoms with van der Waals surface area (Å²) in [5.74, 6) is -0.177. The van der Waals surface area contributed by atoms with Crippen LogP contribution in [0.25, 0.3) is 10.9 Å². The number of nitrogens with zero attached hydrogens (tertiary/aromatic N) is 2. The summed E-state index contributed by atoms with van der Waals surface area (Å²) in [6, 6.07) is 1.85. The number of H-pyrrole nitrogens is 1. The Kier molecular flexibility index (Phi) is 3.18. The summed E-state index contributed by atoms with van der Waals surface area (Å²) in [4.78, 5) is 23.3. The van der Waals surface area contributed by atoms with Gasteiger partial charge >= 0.3 is 0 Å². The lowest BCUT2D eigenvalue weighted by molar-refractivity contribution is 0.0952. The molecule has 0 radical (unpaired) electrons. The Hall–Kier alpha value is -1.92. The van der Waals surface area contributed by atoms with Gasteiger partial charge in [-0.2, -0.15) is 0 Å². The number of thiazole rings is 1. The van der Waals surface area contributed by atoms with Crippen LogP contribution >= 0.6 is 22.9 Å². The van der Waals surface area contributed by atoms with E-state index in [0.717, 1.165) is 15.9 Å². The topological polar surface area (TPSA) is 70.7 Å². The lowest BCUT2D eigenvalue weighted by Gasteiger charge is -2.04. The van der Waals surface area contributed by atoms with E-state index in [-0.39, 0.29) is 5.91 Å². The van der Waals surface area contributed by atoms with Crippen LogP contribution in [0.4, 0.5) is 0 Å². The van der Waals surface area contributed by atoms with E-state index in [2.05, 4.69) is 20.3 Å². The Morgan fingerprint density at radius 2 is 2.37 bits per heavy atom. The van der Waals surface area contributed by atoms with E-state index in [9.17, 15) is 4.79 Å². The van der Waals surface area contributed by atoms with Gasteiger partial charge in [0.05, 0.1) is 23.8 Å². The largest absolute Gasteiger partial charge is 0.360 e. The van der Waals surface area contributed by atoms with Gasteiger partial charge in [-0.1, -0.05) is 11.6 Å². The van der Waals surface area contributed by atoms with Crippen molar-refractivity contribution in [3.05, 3.63) is 45.8 Å². The van der Waals surface area contributed by atoms with Crippen molar-refractivity contribution < 1.29 is 4.79 Å². The number of nitrogens with one attached hydrogen (secondary N) is 2. The highest BCUT2D eigenvalue weighted by molar-refractivity contribution is 7.10. The maximum absolute atomic E-state index is 12.1. The molecule has 0 aliphatic heterocycles. The molecule has 0 aromatic carbocycles. The summed E-state index contributed by atoms with van der Waals surface area (Å²) in [7, 11) is 0. The van der Waals surface area contributed by atoms with E-state index < -0.39 is 0 Å². The first kappa shape index (κ1) is 12.1. The SMILES string of the molecule is O=C(NCc1nc(Cl)cs1)c1cncc2[nH]ccc12. The molecule has 0 aliphatic carbocycles. The fraction of sp³-hybridized carbons (Fsp3) is 0.0833. The third-order valence-corrected chi connectivity index (χ3v) is 3.82. The zero-order chi connectivity index (χ0) is 13.2. The van der Waals surface area contributed by atoms with Gasteiger partial charge in [0.25, 0.3) is 5.91 Å². The summed E-state index contributed by atoms with van der Waals surface area (Å²) in [6.07, 6.45) is 5.02.